The second-order valence-electron chi connectivity index (χ2n) is 5.50. The summed E-state index contributed by atoms with van der Waals surface area (Å²) in [4.78, 5) is 23.5. The maximum atomic E-state index is 11.9. The van der Waals surface area contributed by atoms with E-state index in [1.54, 1.807) is 26.8 Å². The van der Waals surface area contributed by atoms with Crippen molar-refractivity contribution in [3.05, 3.63) is 23.2 Å². The van der Waals surface area contributed by atoms with Crippen molar-refractivity contribution in [2.45, 2.75) is 40.2 Å². The number of furan rings is 1. The minimum absolute atomic E-state index is 0.0795. The first-order valence-corrected chi connectivity index (χ1v) is 7.09. The molecule has 0 saturated carbocycles. The van der Waals surface area contributed by atoms with Crippen molar-refractivity contribution in [2.75, 3.05) is 13.1 Å². The Morgan fingerprint density at radius 1 is 1.29 bits per heavy atom. The Morgan fingerprint density at radius 3 is 2.48 bits per heavy atom. The fourth-order valence-electron chi connectivity index (χ4n) is 2.13. The van der Waals surface area contributed by atoms with Crippen LogP contribution in [0.4, 0.5) is 0 Å². The first kappa shape index (κ1) is 17.2. The van der Waals surface area contributed by atoms with E-state index in [0.717, 1.165) is 0 Å². The van der Waals surface area contributed by atoms with E-state index in [2.05, 4.69) is 10.6 Å². The molecular formula is C15H24N2O4. The lowest BCUT2D eigenvalue weighted by molar-refractivity contribution is -0.120. The molecule has 1 rings (SSSR count). The van der Waals surface area contributed by atoms with E-state index in [0.29, 0.717) is 30.0 Å². The molecule has 2 amide bonds. The molecule has 0 aliphatic carbocycles. The molecule has 21 heavy (non-hydrogen) atoms. The predicted molar refractivity (Wildman–Crippen MR) is 79.0 cm³/mol. The SMILES string of the molecule is Cc1cc(C(=O)NCC(=O)NCC(C)CC(C)O)c(C)o1. The quantitative estimate of drug-likeness (QED) is 0.704. The number of carbonyl (C=O) groups is 2. The van der Waals surface area contributed by atoms with Gasteiger partial charge in [-0.3, -0.25) is 9.59 Å². The van der Waals surface area contributed by atoms with Gasteiger partial charge in [-0.1, -0.05) is 6.92 Å². The molecule has 1 aromatic rings. The van der Waals surface area contributed by atoms with Crippen LogP contribution in [-0.2, 0) is 4.79 Å². The third-order valence-electron chi connectivity index (χ3n) is 3.09. The average Bonchev–Trinajstić information content (AvgIpc) is 2.72. The van der Waals surface area contributed by atoms with Crippen molar-refractivity contribution < 1.29 is 19.1 Å². The fourth-order valence-corrected chi connectivity index (χ4v) is 2.13. The number of hydrogen-bond donors (Lipinski definition) is 3. The Hall–Kier alpha value is -1.82. The normalized spacial score (nSPS) is 13.6. The first-order valence-electron chi connectivity index (χ1n) is 7.09. The average molecular weight is 296 g/mol. The predicted octanol–water partition coefficient (Wildman–Crippen LogP) is 1.15. The van der Waals surface area contributed by atoms with Crippen molar-refractivity contribution in [1.82, 2.24) is 10.6 Å². The van der Waals surface area contributed by atoms with Gasteiger partial charge in [0.2, 0.25) is 5.91 Å². The summed E-state index contributed by atoms with van der Waals surface area (Å²) in [6, 6.07) is 1.65. The van der Waals surface area contributed by atoms with Gasteiger partial charge in [0.25, 0.3) is 5.91 Å². The summed E-state index contributed by atoms with van der Waals surface area (Å²) in [5, 5.41) is 14.5. The maximum Gasteiger partial charge on any atom is 0.255 e. The summed E-state index contributed by atoms with van der Waals surface area (Å²) < 4.78 is 5.27. The van der Waals surface area contributed by atoms with Crippen molar-refractivity contribution >= 4 is 11.8 Å². The van der Waals surface area contributed by atoms with Gasteiger partial charge in [0.15, 0.2) is 0 Å². The topological polar surface area (TPSA) is 91.6 Å². The minimum Gasteiger partial charge on any atom is -0.466 e. The van der Waals surface area contributed by atoms with Crippen molar-refractivity contribution in [2.24, 2.45) is 5.92 Å². The highest BCUT2D eigenvalue weighted by atomic mass is 16.3. The molecule has 0 bridgehead atoms. The van der Waals surface area contributed by atoms with Crippen LogP contribution in [0, 0.1) is 19.8 Å². The molecule has 1 aromatic heterocycles. The zero-order valence-electron chi connectivity index (χ0n) is 13.0. The minimum atomic E-state index is -0.385. The van der Waals surface area contributed by atoms with Crippen LogP contribution >= 0.6 is 0 Å². The third kappa shape index (κ3) is 5.99. The summed E-state index contributed by atoms with van der Waals surface area (Å²) in [6.07, 6.45) is 0.240. The molecule has 0 fully saturated rings. The molecular weight excluding hydrogens is 272 g/mol. The molecule has 118 valence electrons. The van der Waals surface area contributed by atoms with Gasteiger partial charge in [0.1, 0.15) is 11.5 Å². The smallest absolute Gasteiger partial charge is 0.255 e. The Kier molecular flexibility index (Phi) is 6.42. The number of aliphatic hydroxyl groups excluding tert-OH is 1. The van der Waals surface area contributed by atoms with Crippen molar-refractivity contribution in [3.8, 4) is 0 Å². The van der Waals surface area contributed by atoms with Gasteiger partial charge in [-0.05, 0) is 39.2 Å². The van der Waals surface area contributed by atoms with Gasteiger partial charge < -0.3 is 20.2 Å². The van der Waals surface area contributed by atoms with Crippen LogP contribution in [0.5, 0.6) is 0 Å². The Morgan fingerprint density at radius 2 is 1.95 bits per heavy atom. The summed E-state index contributed by atoms with van der Waals surface area (Å²) in [5.74, 6) is 0.809. The van der Waals surface area contributed by atoms with Crippen LogP contribution in [0.25, 0.3) is 0 Å². The number of aryl methyl sites for hydroxylation is 2. The van der Waals surface area contributed by atoms with E-state index < -0.39 is 0 Å². The largest absolute Gasteiger partial charge is 0.466 e. The molecule has 2 atom stereocenters. The molecule has 2 unspecified atom stereocenters. The van der Waals surface area contributed by atoms with Gasteiger partial charge in [-0.2, -0.15) is 0 Å². The first-order chi connectivity index (χ1) is 9.79. The van der Waals surface area contributed by atoms with Crippen LogP contribution in [-0.4, -0.2) is 36.1 Å². The number of amides is 2. The number of carbonyl (C=O) groups excluding carboxylic acids is 2. The van der Waals surface area contributed by atoms with Crippen LogP contribution in [0.3, 0.4) is 0 Å². The lowest BCUT2D eigenvalue weighted by Crippen LogP contribution is -2.38. The number of hydrogen-bond acceptors (Lipinski definition) is 4. The summed E-state index contributed by atoms with van der Waals surface area (Å²) in [5.41, 5.74) is 0.447. The van der Waals surface area contributed by atoms with Gasteiger partial charge in [-0.25, -0.2) is 0 Å². The van der Waals surface area contributed by atoms with Crippen LogP contribution in [0.2, 0.25) is 0 Å². The van der Waals surface area contributed by atoms with E-state index in [-0.39, 0.29) is 30.4 Å². The third-order valence-corrected chi connectivity index (χ3v) is 3.09. The number of rotatable bonds is 7. The summed E-state index contributed by atoms with van der Waals surface area (Å²) >= 11 is 0. The highest BCUT2D eigenvalue weighted by Gasteiger charge is 2.14. The molecule has 0 aliphatic heterocycles. The summed E-state index contributed by atoms with van der Waals surface area (Å²) in [7, 11) is 0. The Bertz CT molecular complexity index is 494. The fraction of sp³-hybridized carbons (Fsp3) is 0.600. The second-order valence-corrected chi connectivity index (χ2v) is 5.50. The number of aliphatic hydroxyl groups is 1. The van der Waals surface area contributed by atoms with Crippen molar-refractivity contribution in [3.63, 3.8) is 0 Å². The van der Waals surface area contributed by atoms with E-state index in [9.17, 15) is 14.7 Å². The molecule has 6 heteroatoms. The van der Waals surface area contributed by atoms with Crippen molar-refractivity contribution in [1.29, 1.82) is 0 Å². The van der Waals surface area contributed by atoms with Crippen LogP contribution in [0.15, 0.2) is 10.5 Å². The van der Waals surface area contributed by atoms with E-state index in [1.807, 2.05) is 6.92 Å². The van der Waals surface area contributed by atoms with Gasteiger partial charge in [0, 0.05) is 6.54 Å². The van der Waals surface area contributed by atoms with Gasteiger partial charge in [0.05, 0.1) is 18.2 Å². The molecule has 1 heterocycles. The highest BCUT2D eigenvalue weighted by Crippen LogP contribution is 2.13. The molecule has 3 N–H and O–H groups in total. The van der Waals surface area contributed by atoms with Gasteiger partial charge >= 0.3 is 0 Å². The molecule has 0 saturated heterocycles. The van der Waals surface area contributed by atoms with E-state index in [1.165, 1.54) is 0 Å². The lowest BCUT2D eigenvalue weighted by atomic mass is 10.1. The zero-order valence-corrected chi connectivity index (χ0v) is 13.0. The molecule has 0 spiro atoms. The zero-order chi connectivity index (χ0) is 16.0. The Labute approximate surface area is 124 Å². The van der Waals surface area contributed by atoms with Gasteiger partial charge in [-0.15, -0.1) is 0 Å². The molecule has 0 radical (unpaired) electrons. The van der Waals surface area contributed by atoms with E-state index >= 15 is 0 Å². The second kappa shape index (κ2) is 7.83. The van der Waals surface area contributed by atoms with Crippen LogP contribution in [0.1, 0.15) is 42.1 Å². The Balaban J connectivity index is 2.33. The highest BCUT2D eigenvalue weighted by molar-refractivity contribution is 5.97. The number of nitrogens with one attached hydrogen (secondary N) is 2. The lowest BCUT2D eigenvalue weighted by Gasteiger charge is -2.14. The molecule has 6 nitrogen and oxygen atoms in total. The standard InChI is InChI=1S/C15H24N2O4/c1-9(5-10(2)18)7-16-14(19)8-17-15(20)13-6-11(3)21-12(13)4/h6,9-10,18H,5,7-8H2,1-4H3,(H,16,19)(H,17,20). The van der Waals surface area contributed by atoms with E-state index in [4.69, 9.17) is 4.42 Å². The molecule has 0 aliphatic rings. The maximum absolute atomic E-state index is 11.9. The summed E-state index contributed by atoms with van der Waals surface area (Å²) in [6.45, 7) is 7.53. The monoisotopic (exact) mass is 296 g/mol. The molecule has 0 aromatic carbocycles. The van der Waals surface area contributed by atoms with Crippen LogP contribution < -0.4 is 10.6 Å².